The Morgan fingerprint density at radius 1 is 1.14 bits per heavy atom. The van der Waals surface area contributed by atoms with Crippen molar-refractivity contribution in [2.24, 2.45) is 0 Å². The van der Waals surface area contributed by atoms with Gasteiger partial charge in [0.2, 0.25) is 11.8 Å². The van der Waals surface area contributed by atoms with Crippen LogP contribution >= 0.6 is 0 Å². The highest BCUT2D eigenvalue weighted by molar-refractivity contribution is 6.03. The van der Waals surface area contributed by atoms with Gasteiger partial charge in [-0.3, -0.25) is 24.6 Å². The van der Waals surface area contributed by atoms with E-state index in [0.717, 1.165) is 44.8 Å². The van der Waals surface area contributed by atoms with E-state index in [-0.39, 0.29) is 43.7 Å². The van der Waals surface area contributed by atoms with E-state index in [1.807, 2.05) is 6.07 Å². The molecule has 0 bridgehead atoms. The van der Waals surface area contributed by atoms with Crippen molar-refractivity contribution in [2.45, 2.75) is 32.9 Å². The van der Waals surface area contributed by atoms with Crippen molar-refractivity contribution in [3.8, 4) is 5.75 Å². The van der Waals surface area contributed by atoms with Gasteiger partial charge >= 0.3 is 0 Å². The number of carbonyl (C=O) groups excluding carboxylic acids is 3. The predicted molar refractivity (Wildman–Crippen MR) is 136 cm³/mol. The first kappa shape index (κ1) is 26.6. The van der Waals surface area contributed by atoms with Crippen LogP contribution < -0.4 is 15.4 Å². The molecule has 2 aliphatic rings. The Balaban J connectivity index is 1.32. The number of benzene rings is 2. The van der Waals surface area contributed by atoms with Gasteiger partial charge in [0.15, 0.2) is 0 Å². The number of amides is 3. The van der Waals surface area contributed by atoms with Gasteiger partial charge in [0.25, 0.3) is 5.91 Å². The molecule has 0 aliphatic carbocycles. The van der Waals surface area contributed by atoms with E-state index in [2.05, 4.69) is 15.5 Å². The molecular weight excluding hydrogens is 479 g/mol. The third-order valence-electron chi connectivity index (χ3n) is 6.45. The number of carbonyl (C=O) groups is 3. The van der Waals surface area contributed by atoms with E-state index in [1.54, 1.807) is 31.2 Å². The number of nitrogens with zero attached hydrogens (tertiary/aromatic N) is 2. The monoisotopic (exact) mass is 512 g/mol. The van der Waals surface area contributed by atoms with Crippen molar-refractivity contribution in [1.82, 2.24) is 15.1 Å². The van der Waals surface area contributed by atoms with Gasteiger partial charge in [-0.05, 0) is 36.8 Å². The van der Waals surface area contributed by atoms with Crippen molar-refractivity contribution >= 4 is 23.4 Å². The zero-order valence-corrected chi connectivity index (χ0v) is 21.1. The van der Waals surface area contributed by atoms with E-state index in [1.165, 1.54) is 11.0 Å². The second-order valence-corrected chi connectivity index (χ2v) is 9.08. The summed E-state index contributed by atoms with van der Waals surface area (Å²) in [4.78, 5) is 40.1. The number of hydrogen-bond acceptors (Lipinski definition) is 7. The number of fused-ring (bicyclic) bond motifs is 1. The molecule has 0 spiro atoms. The molecule has 37 heavy (non-hydrogen) atoms. The van der Waals surface area contributed by atoms with Gasteiger partial charge in [0.05, 0.1) is 19.8 Å². The number of nitrogens with one attached hydrogen (secondary N) is 2. The Hall–Kier alpha value is -3.50. The summed E-state index contributed by atoms with van der Waals surface area (Å²) in [5.74, 6) is -0.937. The summed E-state index contributed by atoms with van der Waals surface area (Å²) in [6.07, 6.45) is 1.06. The minimum absolute atomic E-state index is 0.186. The normalized spacial score (nSPS) is 15.4. The Morgan fingerprint density at radius 3 is 2.73 bits per heavy atom. The van der Waals surface area contributed by atoms with Gasteiger partial charge in [0.1, 0.15) is 18.1 Å². The lowest BCUT2D eigenvalue weighted by Gasteiger charge is -2.26. The highest BCUT2D eigenvalue weighted by Gasteiger charge is 2.30. The molecule has 0 saturated carbocycles. The lowest BCUT2D eigenvalue weighted by Crippen LogP contribution is -2.39. The van der Waals surface area contributed by atoms with E-state index >= 15 is 0 Å². The third kappa shape index (κ3) is 7.05. The summed E-state index contributed by atoms with van der Waals surface area (Å²) in [6, 6.07) is 9.97. The SMILES string of the molecule is CCC(=O)NC(=O)CN1Cc2c(NCc3cc(OCCCN4CCOCC4)ccc3F)cccc2C1=O. The van der Waals surface area contributed by atoms with E-state index < -0.39 is 5.91 Å². The Bertz CT molecular complexity index is 1140. The van der Waals surface area contributed by atoms with E-state index in [9.17, 15) is 18.8 Å². The van der Waals surface area contributed by atoms with Crippen LogP contribution in [0.3, 0.4) is 0 Å². The zero-order chi connectivity index (χ0) is 26.2. The van der Waals surface area contributed by atoms with Gasteiger partial charge in [-0.2, -0.15) is 0 Å². The molecule has 1 saturated heterocycles. The summed E-state index contributed by atoms with van der Waals surface area (Å²) >= 11 is 0. The zero-order valence-electron chi connectivity index (χ0n) is 21.1. The maximum absolute atomic E-state index is 14.5. The van der Waals surface area contributed by atoms with Crippen molar-refractivity contribution in [3.63, 3.8) is 0 Å². The molecule has 0 radical (unpaired) electrons. The fraction of sp³-hybridized carbons (Fsp3) is 0.444. The average molecular weight is 513 g/mol. The highest BCUT2D eigenvalue weighted by atomic mass is 19.1. The van der Waals surface area contributed by atoms with Crippen LogP contribution in [-0.2, 0) is 27.4 Å². The highest BCUT2D eigenvalue weighted by Crippen LogP contribution is 2.30. The largest absolute Gasteiger partial charge is 0.494 e. The fourth-order valence-electron chi connectivity index (χ4n) is 4.41. The van der Waals surface area contributed by atoms with Crippen LogP contribution in [0.25, 0.3) is 0 Å². The number of morpholine rings is 1. The van der Waals surface area contributed by atoms with Gasteiger partial charge in [-0.15, -0.1) is 0 Å². The first-order chi connectivity index (χ1) is 17.9. The van der Waals surface area contributed by atoms with Gasteiger partial charge in [0, 0.05) is 61.5 Å². The third-order valence-corrected chi connectivity index (χ3v) is 6.45. The molecule has 0 unspecified atom stereocenters. The van der Waals surface area contributed by atoms with Crippen molar-refractivity contribution in [2.75, 3.05) is 51.3 Å². The van der Waals surface area contributed by atoms with Crippen LogP contribution in [0.2, 0.25) is 0 Å². The number of imide groups is 1. The fourth-order valence-corrected chi connectivity index (χ4v) is 4.41. The standard InChI is InChI=1S/C27H33FN4O5/c1-2-25(33)30-26(34)18-32-17-22-21(27(32)35)5-3-6-24(22)29-16-19-15-20(7-8-23(19)28)37-12-4-9-31-10-13-36-14-11-31/h3,5-8,15,29H,2,4,9-14,16-18H2,1H3,(H,30,33,34). The summed E-state index contributed by atoms with van der Waals surface area (Å²) in [6.45, 7) is 6.74. The van der Waals surface area contributed by atoms with E-state index in [4.69, 9.17) is 9.47 Å². The van der Waals surface area contributed by atoms with Crippen LogP contribution in [-0.4, -0.2) is 73.5 Å². The van der Waals surface area contributed by atoms with Gasteiger partial charge in [-0.25, -0.2) is 4.39 Å². The summed E-state index contributed by atoms with van der Waals surface area (Å²) < 4.78 is 25.7. The average Bonchev–Trinajstić information content (AvgIpc) is 3.22. The van der Waals surface area contributed by atoms with Crippen molar-refractivity contribution in [3.05, 3.63) is 58.9 Å². The van der Waals surface area contributed by atoms with Crippen molar-refractivity contribution in [1.29, 1.82) is 0 Å². The van der Waals surface area contributed by atoms with Gasteiger partial charge < -0.3 is 19.7 Å². The number of hydrogen-bond donors (Lipinski definition) is 2. The molecule has 10 heteroatoms. The molecule has 0 atom stereocenters. The molecule has 0 aromatic heterocycles. The number of halogens is 1. The number of ether oxygens (including phenoxy) is 2. The van der Waals surface area contributed by atoms with Crippen molar-refractivity contribution < 1.29 is 28.2 Å². The van der Waals surface area contributed by atoms with Crippen LogP contribution in [0.15, 0.2) is 36.4 Å². The molecule has 2 aromatic carbocycles. The molecular formula is C27H33FN4O5. The topological polar surface area (TPSA) is 100 Å². The smallest absolute Gasteiger partial charge is 0.255 e. The molecule has 2 aromatic rings. The van der Waals surface area contributed by atoms with Crippen LogP contribution in [0.5, 0.6) is 5.75 Å². The maximum atomic E-state index is 14.5. The summed E-state index contributed by atoms with van der Waals surface area (Å²) in [7, 11) is 0. The maximum Gasteiger partial charge on any atom is 0.255 e. The lowest BCUT2D eigenvalue weighted by molar-refractivity contribution is -0.130. The molecule has 2 aliphatic heterocycles. The first-order valence-corrected chi connectivity index (χ1v) is 12.6. The van der Waals surface area contributed by atoms with E-state index in [0.29, 0.717) is 29.2 Å². The lowest BCUT2D eigenvalue weighted by atomic mass is 10.1. The summed E-state index contributed by atoms with van der Waals surface area (Å²) in [5.41, 5.74) is 2.35. The number of anilines is 1. The molecule has 2 heterocycles. The second-order valence-electron chi connectivity index (χ2n) is 9.08. The van der Waals surface area contributed by atoms with Crippen LogP contribution in [0.4, 0.5) is 10.1 Å². The molecule has 198 valence electrons. The van der Waals surface area contributed by atoms with Crippen LogP contribution in [0.1, 0.15) is 41.3 Å². The molecule has 9 nitrogen and oxygen atoms in total. The van der Waals surface area contributed by atoms with Gasteiger partial charge in [-0.1, -0.05) is 13.0 Å². The minimum atomic E-state index is -0.522. The second kappa shape index (κ2) is 12.6. The number of rotatable bonds is 11. The molecule has 1 fully saturated rings. The van der Waals surface area contributed by atoms with Crippen LogP contribution in [0, 0.1) is 5.82 Å². The predicted octanol–water partition coefficient (Wildman–Crippen LogP) is 2.55. The Labute approximate surface area is 215 Å². The molecule has 2 N–H and O–H groups in total. The Morgan fingerprint density at radius 2 is 1.95 bits per heavy atom. The minimum Gasteiger partial charge on any atom is -0.494 e. The molecule has 4 rings (SSSR count). The quantitative estimate of drug-likeness (QED) is 0.447. The Kier molecular flexibility index (Phi) is 9.08. The first-order valence-electron chi connectivity index (χ1n) is 12.6. The molecule has 3 amide bonds. The summed E-state index contributed by atoms with van der Waals surface area (Å²) in [5, 5.41) is 5.49.